The minimum atomic E-state index is -4.75. The van der Waals surface area contributed by atoms with Crippen molar-refractivity contribution in [2.24, 2.45) is 5.92 Å². The zero-order valence-electron chi connectivity index (χ0n) is 12.8. The lowest BCUT2D eigenvalue weighted by Crippen LogP contribution is -2.46. The van der Waals surface area contributed by atoms with Crippen LogP contribution in [0.1, 0.15) is 11.7 Å². The Morgan fingerprint density at radius 3 is 2.32 bits per heavy atom. The van der Waals surface area contributed by atoms with Crippen molar-refractivity contribution in [2.75, 3.05) is 13.1 Å². The van der Waals surface area contributed by atoms with E-state index in [-0.39, 0.29) is 23.5 Å². The van der Waals surface area contributed by atoms with E-state index in [1.54, 1.807) is 24.3 Å². The van der Waals surface area contributed by atoms with Gasteiger partial charge in [-0.15, -0.1) is 13.2 Å². The van der Waals surface area contributed by atoms with Gasteiger partial charge in [0, 0.05) is 25.1 Å². The van der Waals surface area contributed by atoms with Gasteiger partial charge in [0.25, 0.3) is 0 Å². The summed E-state index contributed by atoms with van der Waals surface area (Å²) >= 11 is 12.0. The summed E-state index contributed by atoms with van der Waals surface area (Å²) in [4.78, 5) is 0. The molecule has 0 bridgehead atoms. The van der Waals surface area contributed by atoms with Crippen LogP contribution in [0.25, 0.3) is 0 Å². The third-order valence-corrected chi connectivity index (χ3v) is 4.55. The molecule has 1 aliphatic heterocycles. The Balaban J connectivity index is 1.83. The summed E-state index contributed by atoms with van der Waals surface area (Å²) in [5, 5.41) is 3.98. The zero-order chi connectivity index (χ0) is 18.0. The van der Waals surface area contributed by atoms with Gasteiger partial charge in [0.1, 0.15) is 17.6 Å². The number of halogens is 5. The molecule has 1 aliphatic rings. The average Bonchev–Trinajstić information content (AvgIpc) is 2.46. The molecule has 0 saturated carbocycles. The molecule has 1 atom stereocenters. The molecule has 0 radical (unpaired) electrons. The molecular formula is C17H14Cl2F3NO2. The molecule has 2 aromatic carbocycles. The van der Waals surface area contributed by atoms with Crippen molar-refractivity contribution >= 4 is 23.2 Å². The van der Waals surface area contributed by atoms with Crippen LogP contribution in [0.15, 0.2) is 42.5 Å². The maximum atomic E-state index is 12.4. The monoisotopic (exact) mass is 391 g/mol. The molecule has 1 saturated heterocycles. The van der Waals surface area contributed by atoms with Crippen molar-refractivity contribution in [1.29, 1.82) is 0 Å². The Morgan fingerprint density at radius 2 is 1.72 bits per heavy atom. The summed E-state index contributed by atoms with van der Waals surface area (Å²) in [6, 6.07) is 10.6. The molecule has 0 spiro atoms. The van der Waals surface area contributed by atoms with E-state index < -0.39 is 6.36 Å². The summed E-state index contributed by atoms with van der Waals surface area (Å²) < 4.78 is 47.0. The molecule has 1 fully saturated rings. The van der Waals surface area contributed by atoms with Gasteiger partial charge in [0.15, 0.2) is 0 Å². The number of alkyl halides is 3. The molecule has 3 rings (SSSR count). The second kappa shape index (κ2) is 7.32. The quantitative estimate of drug-likeness (QED) is 0.756. The number of hydrogen-bond acceptors (Lipinski definition) is 3. The Bertz CT molecular complexity index is 751. The highest BCUT2D eigenvalue weighted by Gasteiger charge is 2.32. The van der Waals surface area contributed by atoms with E-state index >= 15 is 0 Å². The molecule has 2 aromatic rings. The molecule has 1 heterocycles. The Morgan fingerprint density at radius 1 is 1.00 bits per heavy atom. The van der Waals surface area contributed by atoms with Crippen LogP contribution >= 0.6 is 23.2 Å². The van der Waals surface area contributed by atoms with E-state index in [1.165, 1.54) is 18.2 Å². The van der Waals surface area contributed by atoms with E-state index in [0.29, 0.717) is 10.0 Å². The maximum Gasteiger partial charge on any atom is 0.573 e. The summed E-state index contributed by atoms with van der Waals surface area (Å²) in [5.74, 6) is 0.124. The van der Waals surface area contributed by atoms with Crippen LogP contribution in [0.2, 0.25) is 10.0 Å². The van der Waals surface area contributed by atoms with E-state index in [0.717, 1.165) is 18.7 Å². The van der Waals surface area contributed by atoms with E-state index in [4.69, 9.17) is 27.9 Å². The fourth-order valence-corrected chi connectivity index (χ4v) is 2.85. The third kappa shape index (κ3) is 4.71. The van der Waals surface area contributed by atoms with Crippen LogP contribution < -0.4 is 14.8 Å². The van der Waals surface area contributed by atoms with Gasteiger partial charge in [-0.2, -0.15) is 0 Å². The predicted octanol–water partition coefficient (Wildman–Crippen LogP) is 5.23. The number of benzene rings is 2. The molecule has 134 valence electrons. The lowest BCUT2D eigenvalue weighted by molar-refractivity contribution is -0.274. The van der Waals surface area contributed by atoms with Gasteiger partial charge in [0.05, 0.1) is 10.0 Å². The SMILES string of the molecule is FC(F)(F)Oc1cccc(O[C@H](c2ccc(Cl)c(Cl)c2)C2CNC2)c1. The minimum absolute atomic E-state index is 0.171. The van der Waals surface area contributed by atoms with E-state index in [1.807, 2.05) is 0 Å². The van der Waals surface area contributed by atoms with Crippen molar-refractivity contribution < 1.29 is 22.6 Å². The number of nitrogens with one attached hydrogen (secondary N) is 1. The Hall–Kier alpha value is -1.63. The largest absolute Gasteiger partial charge is 0.573 e. The molecule has 8 heteroatoms. The summed E-state index contributed by atoms with van der Waals surface area (Å²) in [6.07, 6.45) is -5.11. The fourth-order valence-electron chi connectivity index (χ4n) is 2.54. The summed E-state index contributed by atoms with van der Waals surface area (Å²) in [7, 11) is 0. The van der Waals surface area contributed by atoms with Gasteiger partial charge in [-0.05, 0) is 29.8 Å². The van der Waals surface area contributed by atoms with Crippen LogP contribution in [0.4, 0.5) is 13.2 Å². The van der Waals surface area contributed by atoms with E-state index in [2.05, 4.69) is 10.1 Å². The van der Waals surface area contributed by atoms with Gasteiger partial charge >= 0.3 is 6.36 Å². The first kappa shape index (κ1) is 18.2. The summed E-state index contributed by atoms with van der Waals surface area (Å²) in [5.41, 5.74) is 0.808. The van der Waals surface area contributed by atoms with Crippen LogP contribution in [0, 0.1) is 5.92 Å². The average molecular weight is 392 g/mol. The lowest BCUT2D eigenvalue weighted by Gasteiger charge is -2.35. The molecular weight excluding hydrogens is 378 g/mol. The number of hydrogen-bond donors (Lipinski definition) is 1. The highest BCUT2D eigenvalue weighted by Crippen LogP contribution is 2.35. The molecule has 0 unspecified atom stereocenters. The normalized spacial score (nSPS) is 16.2. The van der Waals surface area contributed by atoms with Crippen molar-refractivity contribution in [1.82, 2.24) is 5.32 Å². The number of rotatable bonds is 5. The highest BCUT2D eigenvalue weighted by atomic mass is 35.5. The first-order chi connectivity index (χ1) is 11.8. The van der Waals surface area contributed by atoms with Crippen LogP contribution in [-0.4, -0.2) is 19.5 Å². The molecule has 0 aromatic heterocycles. The van der Waals surface area contributed by atoms with Crippen LogP contribution in [0.5, 0.6) is 11.5 Å². The van der Waals surface area contributed by atoms with Crippen molar-refractivity contribution in [3.8, 4) is 11.5 Å². The predicted molar refractivity (Wildman–Crippen MR) is 89.3 cm³/mol. The van der Waals surface area contributed by atoms with Crippen molar-refractivity contribution in [3.05, 3.63) is 58.1 Å². The molecule has 3 nitrogen and oxygen atoms in total. The second-order valence-corrected chi connectivity index (χ2v) is 6.47. The molecule has 1 N–H and O–H groups in total. The smallest absolute Gasteiger partial charge is 0.485 e. The third-order valence-electron chi connectivity index (χ3n) is 3.82. The fraction of sp³-hybridized carbons (Fsp3) is 0.294. The van der Waals surface area contributed by atoms with Crippen molar-refractivity contribution in [2.45, 2.75) is 12.5 Å². The van der Waals surface area contributed by atoms with Gasteiger partial charge < -0.3 is 14.8 Å². The second-order valence-electron chi connectivity index (χ2n) is 5.65. The molecule has 0 aliphatic carbocycles. The highest BCUT2D eigenvalue weighted by molar-refractivity contribution is 6.42. The minimum Gasteiger partial charge on any atom is -0.485 e. The zero-order valence-corrected chi connectivity index (χ0v) is 14.3. The maximum absolute atomic E-state index is 12.4. The van der Waals surface area contributed by atoms with Gasteiger partial charge in [0.2, 0.25) is 0 Å². The standard InChI is InChI=1S/C17H14Cl2F3NO2/c18-14-5-4-10(6-15(14)19)16(11-8-23-9-11)24-12-2-1-3-13(7-12)25-17(20,21)22/h1-7,11,16,23H,8-9H2/t16-/m1/s1. The van der Waals surface area contributed by atoms with Gasteiger partial charge in [-0.1, -0.05) is 35.3 Å². The van der Waals surface area contributed by atoms with Crippen LogP contribution in [-0.2, 0) is 0 Å². The molecule has 25 heavy (non-hydrogen) atoms. The van der Waals surface area contributed by atoms with Crippen molar-refractivity contribution in [3.63, 3.8) is 0 Å². The summed E-state index contributed by atoms with van der Waals surface area (Å²) in [6.45, 7) is 1.48. The molecule has 0 amide bonds. The lowest BCUT2D eigenvalue weighted by atomic mass is 9.91. The number of ether oxygens (including phenoxy) is 2. The Labute approximate surface area is 152 Å². The van der Waals surface area contributed by atoms with Crippen LogP contribution in [0.3, 0.4) is 0 Å². The van der Waals surface area contributed by atoms with Gasteiger partial charge in [-0.25, -0.2) is 0 Å². The first-order valence-corrected chi connectivity index (χ1v) is 8.25. The topological polar surface area (TPSA) is 30.5 Å². The first-order valence-electron chi connectivity index (χ1n) is 7.50. The van der Waals surface area contributed by atoms with Gasteiger partial charge in [-0.3, -0.25) is 0 Å². The Kier molecular flexibility index (Phi) is 5.32. The van der Waals surface area contributed by atoms with E-state index in [9.17, 15) is 13.2 Å².